The van der Waals surface area contributed by atoms with E-state index >= 15 is 0 Å². The summed E-state index contributed by atoms with van der Waals surface area (Å²) in [4.78, 5) is 24.5. The lowest BCUT2D eigenvalue weighted by molar-refractivity contribution is 0.0962. The predicted molar refractivity (Wildman–Crippen MR) is 133 cm³/mol. The van der Waals surface area contributed by atoms with Crippen LogP contribution in [0.2, 0.25) is 0 Å². The number of benzene rings is 3. The van der Waals surface area contributed by atoms with Crippen LogP contribution in [0.15, 0.2) is 83.8 Å². The summed E-state index contributed by atoms with van der Waals surface area (Å²) in [5.74, 6) is 0.320. The maximum atomic E-state index is 13.0. The van der Waals surface area contributed by atoms with Crippen molar-refractivity contribution < 1.29 is 22.7 Å². The van der Waals surface area contributed by atoms with Crippen LogP contribution in [0.1, 0.15) is 42.5 Å². The van der Waals surface area contributed by atoms with Gasteiger partial charge in [-0.05, 0) is 61.4 Å². The molecule has 3 amide bonds. The van der Waals surface area contributed by atoms with Crippen molar-refractivity contribution in [3.8, 4) is 11.5 Å². The van der Waals surface area contributed by atoms with Crippen molar-refractivity contribution in [3.63, 3.8) is 0 Å². The Morgan fingerprint density at radius 2 is 1.46 bits per heavy atom. The molecule has 0 atom stereocenters. The Morgan fingerprint density at radius 3 is 2.17 bits per heavy atom. The van der Waals surface area contributed by atoms with Crippen LogP contribution in [0, 0.1) is 0 Å². The van der Waals surface area contributed by atoms with Gasteiger partial charge in [0.25, 0.3) is 15.9 Å². The lowest BCUT2D eigenvalue weighted by Crippen LogP contribution is -2.45. The number of carbonyl (C=O) groups is 2. The Kier molecular flexibility index (Phi) is 7.67. The fourth-order valence-corrected chi connectivity index (χ4v) is 4.96. The minimum Gasteiger partial charge on any atom is -0.455 e. The number of rotatable bonds is 7. The van der Waals surface area contributed by atoms with Crippen molar-refractivity contribution in [3.05, 3.63) is 84.4 Å². The van der Waals surface area contributed by atoms with Crippen molar-refractivity contribution >= 4 is 27.6 Å². The van der Waals surface area contributed by atoms with Crippen molar-refractivity contribution in [2.45, 2.75) is 43.0 Å². The second-order valence-corrected chi connectivity index (χ2v) is 9.99. The van der Waals surface area contributed by atoms with E-state index in [1.807, 2.05) is 18.2 Å². The van der Waals surface area contributed by atoms with Crippen LogP contribution in [0.3, 0.4) is 0 Å². The average molecular weight is 494 g/mol. The third-order valence-electron chi connectivity index (χ3n) is 5.70. The van der Waals surface area contributed by atoms with E-state index in [9.17, 15) is 18.0 Å². The highest BCUT2D eigenvalue weighted by Gasteiger charge is 2.20. The molecule has 182 valence electrons. The zero-order valence-corrected chi connectivity index (χ0v) is 19.9. The first-order chi connectivity index (χ1) is 16.9. The molecule has 3 N–H and O–H groups in total. The van der Waals surface area contributed by atoms with Crippen molar-refractivity contribution in [1.82, 2.24) is 10.6 Å². The number of hydrogen-bond acceptors (Lipinski definition) is 5. The summed E-state index contributed by atoms with van der Waals surface area (Å²) >= 11 is 0. The molecule has 0 aliphatic heterocycles. The molecule has 0 radical (unpaired) electrons. The summed E-state index contributed by atoms with van der Waals surface area (Å²) in [6.45, 7) is 0. The van der Waals surface area contributed by atoms with Gasteiger partial charge in [0.15, 0.2) is 5.75 Å². The fraction of sp³-hybridized carbons (Fsp3) is 0.231. The van der Waals surface area contributed by atoms with E-state index in [4.69, 9.17) is 4.74 Å². The summed E-state index contributed by atoms with van der Waals surface area (Å²) < 4.78 is 34.3. The molecule has 3 aromatic rings. The number of urea groups is 1. The van der Waals surface area contributed by atoms with Crippen molar-refractivity contribution in [1.29, 1.82) is 0 Å². The maximum absolute atomic E-state index is 13.0. The molecule has 1 fully saturated rings. The van der Waals surface area contributed by atoms with Crippen LogP contribution in [0.4, 0.5) is 10.5 Å². The van der Waals surface area contributed by atoms with E-state index in [1.165, 1.54) is 24.3 Å². The molecule has 0 saturated heterocycles. The first kappa shape index (κ1) is 24.3. The average Bonchev–Trinajstić information content (AvgIpc) is 2.86. The molecule has 0 spiro atoms. The number of para-hydroxylation sites is 3. The highest BCUT2D eigenvalue weighted by Crippen LogP contribution is 2.31. The summed E-state index contributed by atoms with van der Waals surface area (Å²) in [7, 11) is -3.95. The molecular weight excluding hydrogens is 466 g/mol. The quantitative estimate of drug-likeness (QED) is 0.426. The number of hydrogen-bond donors (Lipinski definition) is 3. The Balaban J connectivity index is 1.40. The molecule has 0 heterocycles. The topological polar surface area (TPSA) is 114 Å². The molecule has 0 bridgehead atoms. The molecule has 3 aromatic carbocycles. The van der Waals surface area contributed by atoms with Gasteiger partial charge in [-0.15, -0.1) is 0 Å². The molecule has 9 heteroatoms. The highest BCUT2D eigenvalue weighted by atomic mass is 32.2. The molecule has 1 saturated carbocycles. The van der Waals surface area contributed by atoms with E-state index in [1.54, 1.807) is 36.4 Å². The van der Waals surface area contributed by atoms with Gasteiger partial charge in [-0.2, -0.15) is 0 Å². The number of sulfonamides is 1. The van der Waals surface area contributed by atoms with Gasteiger partial charge >= 0.3 is 6.03 Å². The van der Waals surface area contributed by atoms with Crippen LogP contribution in [0.5, 0.6) is 11.5 Å². The maximum Gasteiger partial charge on any atom is 0.321 e. The first-order valence-corrected chi connectivity index (χ1v) is 13.0. The number of nitrogens with one attached hydrogen (secondary N) is 3. The van der Waals surface area contributed by atoms with E-state index in [-0.39, 0.29) is 22.2 Å². The fourth-order valence-electron chi connectivity index (χ4n) is 3.89. The molecule has 0 unspecified atom stereocenters. The molecule has 35 heavy (non-hydrogen) atoms. The monoisotopic (exact) mass is 493 g/mol. The van der Waals surface area contributed by atoms with Crippen LogP contribution >= 0.6 is 0 Å². The molecule has 1 aliphatic carbocycles. The highest BCUT2D eigenvalue weighted by molar-refractivity contribution is 7.92. The Bertz CT molecular complexity index is 1270. The summed E-state index contributed by atoms with van der Waals surface area (Å²) in [5, 5.41) is 5.12. The van der Waals surface area contributed by atoms with Gasteiger partial charge in [-0.3, -0.25) is 14.8 Å². The lowest BCUT2D eigenvalue weighted by Gasteiger charge is -2.22. The van der Waals surface area contributed by atoms with Gasteiger partial charge in [0.1, 0.15) is 5.75 Å². The van der Waals surface area contributed by atoms with E-state index in [2.05, 4.69) is 15.4 Å². The Labute approximate surface area is 204 Å². The van der Waals surface area contributed by atoms with Crippen LogP contribution in [-0.4, -0.2) is 26.4 Å². The van der Waals surface area contributed by atoms with E-state index < -0.39 is 22.0 Å². The Morgan fingerprint density at radius 1 is 0.800 bits per heavy atom. The van der Waals surface area contributed by atoms with Crippen LogP contribution < -0.4 is 20.1 Å². The second-order valence-electron chi connectivity index (χ2n) is 8.30. The number of imide groups is 1. The summed E-state index contributed by atoms with van der Waals surface area (Å²) in [6.07, 6.45) is 5.09. The summed E-state index contributed by atoms with van der Waals surface area (Å²) in [5.41, 5.74) is 0.452. The number of anilines is 1. The predicted octanol–water partition coefficient (Wildman–Crippen LogP) is 5.05. The molecule has 0 aromatic heterocycles. The van der Waals surface area contributed by atoms with Crippen molar-refractivity contribution in [2.75, 3.05) is 4.72 Å². The van der Waals surface area contributed by atoms with Crippen LogP contribution in [0.25, 0.3) is 0 Å². The Hall–Kier alpha value is -3.85. The summed E-state index contributed by atoms with van der Waals surface area (Å²) in [6, 6.07) is 20.6. The number of ether oxygens (including phenoxy) is 1. The zero-order chi connectivity index (χ0) is 24.7. The van der Waals surface area contributed by atoms with Gasteiger partial charge < -0.3 is 10.1 Å². The number of amides is 3. The SMILES string of the molecule is O=C(NC(=O)c1ccc(S(=O)(=O)Nc2ccccc2Oc2ccccc2)cc1)NC1CCCCC1. The minimum atomic E-state index is -3.95. The standard InChI is InChI=1S/C26H27N3O5S/c30-25(28-26(31)27-20-9-3-1-4-10-20)19-15-17-22(18-16-19)35(32,33)29-23-13-7-8-14-24(23)34-21-11-5-2-6-12-21/h2,5-8,11-18,20,29H,1,3-4,9-10H2,(H2,27,28,30,31). The van der Waals surface area contributed by atoms with Gasteiger partial charge in [0, 0.05) is 11.6 Å². The molecular formula is C26H27N3O5S. The first-order valence-electron chi connectivity index (χ1n) is 11.5. The molecule has 1 aliphatic rings. The minimum absolute atomic E-state index is 0.0322. The zero-order valence-electron chi connectivity index (χ0n) is 19.1. The van der Waals surface area contributed by atoms with Gasteiger partial charge in [0.2, 0.25) is 0 Å². The van der Waals surface area contributed by atoms with Gasteiger partial charge in [-0.25, -0.2) is 13.2 Å². The third kappa shape index (κ3) is 6.60. The van der Waals surface area contributed by atoms with Gasteiger partial charge in [0.05, 0.1) is 10.6 Å². The molecule has 8 nitrogen and oxygen atoms in total. The van der Waals surface area contributed by atoms with E-state index in [0.29, 0.717) is 11.5 Å². The second kappa shape index (κ2) is 11.1. The van der Waals surface area contributed by atoms with E-state index in [0.717, 1.165) is 32.1 Å². The number of carbonyl (C=O) groups excluding carboxylic acids is 2. The lowest BCUT2D eigenvalue weighted by atomic mass is 9.96. The smallest absolute Gasteiger partial charge is 0.321 e. The normalized spacial score (nSPS) is 14.1. The molecule has 4 rings (SSSR count). The van der Waals surface area contributed by atoms with Crippen LogP contribution in [-0.2, 0) is 10.0 Å². The third-order valence-corrected chi connectivity index (χ3v) is 7.08. The van der Waals surface area contributed by atoms with Crippen molar-refractivity contribution in [2.24, 2.45) is 0 Å². The van der Waals surface area contributed by atoms with Gasteiger partial charge in [-0.1, -0.05) is 49.6 Å². The largest absolute Gasteiger partial charge is 0.455 e.